The lowest BCUT2D eigenvalue weighted by molar-refractivity contribution is 0.291. The van der Waals surface area contributed by atoms with E-state index >= 15 is 0 Å². The van der Waals surface area contributed by atoms with Crippen LogP contribution >= 0.6 is 27.3 Å². The second-order valence-electron chi connectivity index (χ2n) is 4.68. The maximum atomic E-state index is 5.95. The molecule has 2 nitrogen and oxygen atoms in total. The summed E-state index contributed by atoms with van der Waals surface area (Å²) in [5, 5.41) is 0. The quantitative estimate of drug-likeness (QED) is 0.903. The summed E-state index contributed by atoms with van der Waals surface area (Å²) in [4.78, 5) is 3.70. The van der Waals surface area contributed by atoms with Crippen molar-refractivity contribution in [1.82, 2.24) is 4.90 Å². The molecular weight excluding hydrogens is 272 g/mol. The molecule has 0 aromatic carbocycles. The first-order valence-corrected chi connectivity index (χ1v) is 6.69. The topological polar surface area (TPSA) is 29.3 Å². The van der Waals surface area contributed by atoms with Crippen molar-refractivity contribution in [3.05, 3.63) is 20.8 Å². The molecule has 1 aromatic rings. The van der Waals surface area contributed by atoms with E-state index in [1.54, 1.807) is 11.3 Å². The summed E-state index contributed by atoms with van der Waals surface area (Å²) in [5.41, 5.74) is 5.88. The van der Waals surface area contributed by atoms with Crippen LogP contribution in [0, 0.1) is 0 Å². The molecule has 0 aliphatic carbocycles. The van der Waals surface area contributed by atoms with Crippen LogP contribution in [0.25, 0.3) is 0 Å². The van der Waals surface area contributed by atoms with Gasteiger partial charge in [-0.3, -0.25) is 0 Å². The molecule has 15 heavy (non-hydrogen) atoms. The number of thiophene rings is 1. The van der Waals surface area contributed by atoms with Gasteiger partial charge in [0.25, 0.3) is 0 Å². The fourth-order valence-corrected chi connectivity index (χ4v) is 2.82. The van der Waals surface area contributed by atoms with Gasteiger partial charge in [-0.15, -0.1) is 11.3 Å². The predicted octanol–water partition coefficient (Wildman–Crippen LogP) is 3.07. The first-order chi connectivity index (χ1) is 6.87. The molecule has 0 unspecified atom stereocenters. The fraction of sp³-hybridized carbons (Fsp3) is 0.636. The van der Waals surface area contributed by atoms with Gasteiger partial charge >= 0.3 is 0 Å². The van der Waals surface area contributed by atoms with Gasteiger partial charge in [0, 0.05) is 17.0 Å². The Labute approximate surface area is 105 Å². The average molecular weight is 291 g/mol. The second-order valence-corrected chi connectivity index (χ2v) is 7.23. The van der Waals surface area contributed by atoms with E-state index < -0.39 is 0 Å². The van der Waals surface area contributed by atoms with Crippen LogP contribution in [0.3, 0.4) is 0 Å². The summed E-state index contributed by atoms with van der Waals surface area (Å²) in [6.45, 7) is 6.19. The summed E-state index contributed by atoms with van der Waals surface area (Å²) in [6, 6.07) is 4.26. The zero-order chi connectivity index (χ0) is 11.5. The van der Waals surface area contributed by atoms with E-state index in [1.165, 1.54) is 8.66 Å². The van der Waals surface area contributed by atoms with Gasteiger partial charge in [0.05, 0.1) is 3.79 Å². The molecule has 2 N–H and O–H groups in total. The molecule has 0 atom stereocenters. The summed E-state index contributed by atoms with van der Waals surface area (Å²) in [6.07, 6.45) is 1.02. The Hall–Kier alpha value is 0.1000. The van der Waals surface area contributed by atoms with E-state index in [-0.39, 0.29) is 5.54 Å². The zero-order valence-electron chi connectivity index (χ0n) is 9.59. The number of hydrogen-bond donors (Lipinski definition) is 1. The Bertz CT molecular complexity index is 304. The van der Waals surface area contributed by atoms with E-state index in [9.17, 15) is 0 Å². The highest BCUT2D eigenvalue weighted by molar-refractivity contribution is 9.11. The summed E-state index contributed by atoms with van der Waals surface area (Å²) in [5.74, 6) is 0. The Kier molecular flexibility index (Phi) is 4.77. The lowest BCUT2D eigenvalue weighted by Gasteiger charge is -2.23. The van der Waals surface area contributed by atoms with Crippen LogP contribution in [-0.4, -0.2) is 24.0 Å². The highest BCUT2D eigenvalue weighted by Crippen LogP contribution is 2.23. The summed E-state index contributed by atoms with van der Waals surface area (Å²) >= 11 is 5.27. The molecule has 86 valence electrons. The van der Waals surface area contributed by atoms with Crippen LogP contribution in [0.2, 0.25) is 0 Å². The van der Waals surface area contributed by atoms with E-state index in [4.69, 9.17) is 5.73 Å². The van der Waals surface area contributed by atoms with Gasteiger partial charge < -0.3 is 10.6 Å². The van der Waals surface area contributed by atoms with E-state index in [0.29, 0.717) is 0 Å². The molecule has 0 fully saturated rings. The third-order valence-electron chi connectivity index (χ3n) is 2.19. The van der Waals surface area contributed by atoms with Gasteiger partial charge in [-0.1, -0.05) is 0 Å². The third kappa shape index (κ3) is 5.66. The van der Waals surface area contributed by atoms with Crippen LogP contribution < -0.4 is 5.73 Å². The molecule has 0 radical (unpaired) electrons. The molecule has 0 aliphatic rings. The van der Waals surface area contributed by atoms with Crippen molar-refractivity contribution in [2.75, 3.05) is 13.6 Å². The zero-order valence-corrected chi connectivity index (χ0v) is 12.0. The van der Waals surface area contributed by atoms with Crippen molar-refractivity contribution in [2.45, 2.75) is 32.4 Å². The standard InChI is InChI=1S/C11H19BrN2S/c1-11(2,13)6-7-14(3)8-9-4-5-10(12)15-9/h4-5H,6-8,13H2,1-3H3. The number of rotatable bonds is 5. The van der Waals surface area contributed by atoms with Crippen molar-refractivity contribution in [3.63, 3.8) is 0 Å². The molecule has 0 saturated carbocycles. The molecular formula is C11H19BrN2S. The maximum absolute atomic E-state index is 5.95. The van der Waals surface area contributed by atoms with E-state index in [1.807, 2.05) is 0 Å². The van der Waals surface area contributed by atoms with E-state index in [0.717, 1.165) is 19.5 Å². The minimum absolute atomic E-state index is 0.0652. The highest BCUT2D eigenvalue weighted by Gasteiger charge is 2.12. The molecule has 0 aliphatic heterocycles. The van der Waals surface area contributed by atoms with Crippen molar-refractivity contribution in [1.29, 1.82) is 0 Å². The lowest BCUT2D eigenvalue weighted by atomic mass is 10.0. The monoisotopic (exact) mass is 290 g/mol. The Morgan fingerprint density at radius 1 is 1.47 bits per heavy atom. The Morgan fingerprint density at radius 3 is 2.60 bits per heavy atom. The SMILES string of the molecule is CN(CCC(C)(C)N)Cc1ccc(Br)s1. The third-order valence-corrected chi connectivity index (χ3v) is 3.80. The number of halogens is 1. The van der Waals surface area contributed by atoms with Crippen LogP contribution in [0.4, 0.5) is 0 Å². The molecule has 1 heterocycles. The molecule has 0 saturated heterocycles. The maximum Gasteiger partial charge on any atom is 0.0701 e. The van der Waals surface area contributed by atoms with Crippen LogP contribution in [-0.2, 0) is 6.54 Å². The molecule has 1 aromatic heterocycles. The summed E-state index contributed by atoms with van der Waals surface area (Å²) in [7, 11) is 2.14. The highest BCUT2D eigenvalue weighted by atomic mass is 79.9. The fourth-order valence-electron chi connectivity index (χ4n) is 1.26. The Morgan fingerprint density at radius 2 is 2.13 bits per heavy atom. The first-order valence-electron chi connectivity index (χ1n) is 5.08. The van der Waals surface area contributed by atoms with Gasteiger partial charge in [-0.25, -0.2) is 0 Å². The number of hydrogen-bond acceptors (Lipinski definition) is 3. The molecule has 1 rings (SSSR count). The normalized spacial score (nSPS) is 12.4. The number of nitrogens with zero attached hydrogens (tertiary/aromatic N) is 1. The van der Waals surface area contributed by atoms with Gasteiger partial charge in [0.15, 0.2) is 0 Å². The van der Waals surface area contributed by atoms with E-state index in [2.05, 4.69) is 53.9 Å². The largest absolute Gasteiger partial charge is 0.326 e. The molecule has 0 bridgehead atoms. The smallest absolute Gasteiger partial charge is 0.0701 e. The van der Waals surface area contributed by atoms with Crippen LogP contribution in [0.1, 0.15) is 25.1 Å². The van der Waals surface area contributed by atoms with Crippen molar-refractivity contribution < 1.29 is 0 Å². The number of nitrogens with two attached hydrogens (primary N) is 1. The van der Waals surface area contributed by atoms with Gasteiger partial charge in [0.1, 0.15) is 0 Å². The summed E-state index contributed by atoms with van der Waals surface area (Å²) < 4.78 is 1.20. The van der Waals surface area contributed by atoms with Gasteiger partial charge in [-0.2, -0.15) is 0 Å². The van der Waals surface area contributed by atoms with Crippen molar-refractivity contribution >= 4 is 27.3 Å². The first kappa shape index (κ1) is 13.2. The van der Waals surface area contributed by atoms with Crippen molar-refractivity contribution in [2.24, 2.45) is 5.73 Å². The molecule has 0 spiro atoms. The minimum Gasteiger partial charge on any atom is -0.326 e. The van der Waals surface area contributed by atoms with Gasteiger partial charge in [-0.05, 0) is 61.9 Å². The van der Waals surface area contributed by atoms with Gasteiger partial charge in [0.2, 0.25) is 0 Å². The predicted molar refractivity (Wildman–Crippen MR) is 71.2 cm³/mol. The average Bonchev–Trinajstić information content (AvgIpc) is 2.47. The Balaban J connectivity index is 2.33. The van der Waals surface area contributed by atoms with Crippen LogP contribution in [0.5, 0.6) is 0 Å². The van der Waals surface area contributed by atoms with Crippen molar-refractivity contribution in [3.8, 4) is 0 Å². The minimum atomic E-state index is -0.0652. The molecule has 4 heteroatoms. The second kappa shape index (κ2) is 5.43. The molecule has 0 amide bonds. The van der Waals surface area contributed by atoms with Crippen LogP contribution in [0.15, 0.2) is 15.9 Å². The lowest BCUT2D eigenvalue weighted by Crippen LogP contribution is -2.36.